The molecule has 1 aliphatic rings. The summed E-state index contributed by atoms with van der Waals surface area (Å²) in [4.78, 5) is 0. The molecule has 6 heavy (non-hydrogen) atoms. The van der Waals surface area contributed by atoms with Gasteiger partial charge >= 0.3 is 0 Å². The SMILES string of the molecule is OCC1=CSC1. The summed E-state index contributed by atoms with van der Waals surface area (Å²) < 4.78 is 0. The minimum atomic E-state index is 0.257. The highest BCUT2D eigenvalue weighted by Crippen LogP contribution is 2.20. The Balaban J connectivity index is 2.32. The molecule has 1 rings (SSSR count). The zero-order chi connectivity index (χ0) is 4.41. The fraction of sp³-hybridized carbons (Fsp3) is 0.500. The van der Waals surface area contributed by atoms with Crippen molar-refractivity contribution >= 4 is 11.8 Å². The first-order valence-electron chi connectivity index (χ1n) is 1.84. The van der Waals surface area contributed by atoms with Crippen LogP contribution in [0.1, 0.15) is 0 Å². The molecule has 0 aromatic heterocycles. The molecule has 0 unspecified atom stereocenters. The lowest BCUT2D eigenvalue weighted by Gasteiger charge is -2.08. The van der Waals surface area contributed by atoms with Gasteiger partial charge in [-0.2, -0.15) is 0 Å². The standard InChI is InChI=1S/C4H6OS/c5-1-4-2-6-3-4/h2,5H,1,3H2. The fourth-order valence-electron chi connectivity index (χ4n) is 0.284. The Bertz CT molecular complexity index is 77.6. The minimum Gasteiger partial charge on any atom is -0.392 e. The first kappa shape index (κ1) is 4.22. The molecule has 1 aliphatic heterocycles. The van der Waals surface area contributed by atoms with Gasteiger partial charge in [0.1, 0.15) is 0 Å². The Morgan fingerprint density at radius 2 is 2.67 bits per heavy atom. The van der Waals surface area contributed by atoms with Crippen LogP contribution in [0, 0.1) is 0 Å². The lowest BCUT2D eigenvalue weighted by molar-refractivity contribution is 0.331. The van der Waals surface area contributed by atoms with E-state index >= 15 is 0 Å². The van der Waals surface area contributed by atoms with Crippen LogP contribution in [0.5, 0.6) is 0 Å². The highest BCUT2D eigenvalue weighted by atomic mass is 32.2. The van der Waals surface area contributed by atoms with Crippen LogP contribution < -0.4 is 0 Å². The number of rotatable bonds is 1. The van der Waals surface area contributed by atoms with Crippen LogP contribution in [0.25, 0.3) is 0 Å². The third-order valence-electron chi connectivity index (χ3n) is 0.722. The van der Waals surface area contributed by atoms with Crippen molar-refractivity contribution in [2.75, 3.05) is 12.4 Å². The Labute approximate surface area is 41.1 Å². The van der Waals surface area contributed by atoms with Gasteiger partial charge in [0.2, 0.25) is 0 Å². The van der Waals surface area contributed by atoms with Crippen molar-refractivity contribution in [2.24, 2.45) is 0 Å². The second-order valence-corrected chi connectivity index (χ2v) is 2.10. The number of aliphatic hydroxyl groups is 1. The molecule has 0 fully saturated rings. The van der Waals surface area contributed by atoms with Gasteiger partial charge in [0.05, 0.1) is 6.61 Å². The quantitative estimate of drug-likeness (QED) is 0.523. The van der Waals surface area contributed by atoms with E-state index in [1.54, 1.807) is 11.8 Å². The molecule has 34 valence electrons. The maximum absolute atomic E-state index is 8.30. The van der Waals surface area contributed by atoms with Gasteiger partial charge in [0.15, 0.2) is 0 Å². The van der Waals surface area contributed by atoms with E-state index in [2.05, 4.69) is 0 Å². The third-order valence-corrected chi connectivity index (χ3v) is 1.76. The molecule has 2 heteroatoms. The summed E-state index contributed by atoms with van der Waals surface area (Å²) in [7, 11) is 0. The van der Waals surface area contributed by atoms with Gasteiger partial charge in [0, 0.05) is 5.75 Å². The average molecular weight is 102 g/mol. The number of thioether (sulfide) groups is 1. The molecule has 0 saturated heterocycles. The summed E-state index contributed by atoms with van der Waals surface area (Å²) in [5.74, 6) is 1.04. The molecule has 1 nitrogen and oxygen atoms in total. The van der Waals surface area contributed by atoms with Gasteiger partial charge in [0.25, 0.3) is 0 Å². The van der Waals surface area contributed by atoms with Gasteiger partial charge < -0.3 is 5.11 Å². The topological polar surface area (TPSA) is 20.2 Å². The van der Waals surface area contributed by atoms with Crippen molar-refractivity contribution in [3.8, 4) is 0 Å². The van der Waals surface area contributed by atoms with Crippen LogP contribution in [0.15, 0.2) is 11.0 Å². The van der Waals surface area contributed by atoms with E-state index in [4.69, 9.17) is 5.11 Å². The van der Waals surface area contributed by atoms with Gasteiger partial charge in [-0.25, -0.2) is 0 Å². The number of hydrogen-bond donors (Lipinski definition) is 1. The lowest BCUT2D eigenvalue weighted by Crippen LogP contribution is -1.98. The molecular weight excluding hydrogens is 96.1 g/mol. The van der Waals surface area contributed by atoms with Crippen molar-refractivity contribution in [1.29, 1.82) is 0 Å². The van der Waals surface area contributed by atoms with Crippen molar-refractivity contribution in [1.82, 2.24) is 0 Å². The van der Waals surface area contributed by atoms with Crippen molar-refractivity contribution < 1.29 is 5.11 Å². The maximum Gasteiger partial charge on any atom is 0.0657 e. The highest BCUT2D eigenvalue weighted by Gasteiger charge is 2.01. The predicted octanol–water partition coefficient (Wildman–Crippen LogP) is 0.609. The average Bonchev–Trinajstić information content (AvgIpc) is 1.31. The summed E-state index contributed by atoms with van der Waals surface area (Å²) in [6.07, 6.45) is 0. The third kappa shape index (κ3) is 0.581. The van der Waals surface area contributed by atoms with Crippen LogP contribution in [0.4, 0.5) is 0 Å². The van der Waals surface area contributed by atoms with E-state index in [1.165, 1.54) is 5.57 Å². The Morgan fingerprint density at radius 3 is 2.67 bits per heavy atom. The Kier molecular flexibility index (Phi) is 1.17. The molecule has 0 amide bonds. The van der Waals surface area contributed by atoms with Gasteiger partial charge in [-0.15, -0.1) is 11.8 Å². The first-order valence-corrected chi connectivity index (χ1v) is 2.89. The van der Waals surface area contributed by atoms with Crippen molar-refractivity contribution in [3.63, 3.8) is 0 Å². The number of hydrogen-bond acceptors (Lipinski definition) is 2. The molecule has 0 aromatic rings. The van der Waals surface area contributed by atoms with Crippen LogP contribution in [-0.2, 0) is 0 Å². The van der Waals surface area contributed by atoms with E-state index in [0.717, 1.165) is 5.75 Å². The van der Waals surface area contributed by atoms with Crippen molar-refractivity contribution in [2.45, 2.75) is 0 Å². The van der Waals surface area contributed by atoms with E-state index in [0.29, 0.717) is 0 Å². The summed E-state index contributed by atoms with van der Waals surface area (Å²) in [5.41, 5.74) is 1.17. The molecule has 0 bridgehead atoms. The molecule has 0 atom stereocenters. The minimum absolute atomic E-state index is 0.257. The summed E-state index contributed by atoms with van der Waals surface area (Å²) in [5, 5.41) is 10.3. The molecule has 0 saturated carbocycles. The lowest BCUT2D eigenvalue weighted by atomic mass is 10.4. The summed E-state index contributed by atoms with van der Waals surface area (Å²) in [6, 6.07) is 0. The fourth-order valence-corrected chi connectivity index (χ4v) is 0.852. The van der Waals surface area contributed by atoms with E-state index in [1.807, 2.05) is 5.41 Å². The molecule has 1 heterocycles. The van der Waals surface area contributed by atoms with E-state index in [9.17, 15) is 0 Å². The molecular formula is C4H6OS. The second-order valence-electron chi connectivity index (χ2n) is 1.25. The van der Waals surface area contributed by atoms with Crippen molar-refractivity contribution in [3.05, 3.63) is 11.0 Å². The van der Waals surface area contributed by atoms with Gasteiger partial charge in [-0.3, -0.25) is 0 Å². The van der Waals surface area contributed by atoms with Crippen LogP contribution in [0.3, 0.4) is 0 Å². The zero-order valence-corrected chi connectivity index (χ0v) is 4.16. The monoisotopic (exact) mass is 102 g/mol. The highest BCUT2D eigenvalue weighted by molar-refractivity contribution is 8.03. The Hall–Kier alpha value is 0.0500. The molecule has 1 N–H and O–H groups in total. The van der Waals surface area contributed by atoms with Gasteiger partial charge in [-0.1, -0.05) is 0 Å². The molecule has 0 spiro atoms. The second kappa shape index (κ2) is 1.67. The predicted molar refractivity (Wildman–Crippen MR) is 27.6 cm³/mol. The summed E-state index contributed by atoms with van der Waals surface area (Å²) in [6.45, 7) is 0.257. The number of aliphatic hydroxyl groups excluding tert-OH is 1. The molecule has 0 aliphatic carbocycles. The Morgan fingerprint density at radius 1 is 2.00 bits per heavy atom. The van der Waals surface area contributed by atoms with Crippen LogP contribution in [-0.4, -0.2) is 17.5 Å². The smallest absolute Gasteiger partial charge is 0.0657 e. The van der Waals surface area contributed by atoms with Gasteiger partial charge in [-0.05, 0) is 11.0 Å². The van der Waals surface area contributed by atoms with Crippen LogP contribution in [0.2, 0.25) is 0 Å². The molecule has 0 aromatic carbocycles. The van der Waals surface area contributed by atoms with E-state index in [-0.39, 0.29) is 6.61 Å². The normalized spacial score (nSPS) is 19.2. The van der Waals surface area contributed by atoms with E-state index < -0.39 is 0 Å². The van der Waals surface area contributed by atoms with Crippen LogP contribution >= 0.6 is 11.8 Å². The zero-order valence-electron chi connectivity index (χ0n) is 3.35. The first-order chi connectivity index (χ1) is 2.93. The largest absolute Gasteiger partial charge is 0.392 e. The summed E-state index contributed by atoms with van der Waals surface area (Å²) >= 11 is 1.75. The molecule has 0 radical (unpaired) electrons. The maximum atomic E-state index is 8.30.